The minimum atomic E-state index is -0.548. The van der Waals surface area contributed by atoms with Gasteiger partial charge in [-0.05, 0) is 17.7 Å². The van der Waals surface area contributed by atoms with Crippen molar-refractivity contribution in [3.8, 4) is 11.5 Å². The van der Waals surface area contributed by atoms with Crippen LogP contribution in [-0.2, 0) is 16.1 Å². The van der Waals surface area contributed by atoms with Crippen LogP contribution in [0.1, 0.15) is 17.5 Å². The summed E-state index contributed by atoms with van der Waals surface area (Å²) >= 11 is 0. The van der Waals surface area contributed by atoms with Crippen molar-refractivity contribution in [1.29, 1.82) is 0 Å². The number of oxime groups is 1. The maximum Gasteiger partial charge on any atom is 0.339 e. The van der Waals surface area contributed by atoms with Gasteiger partial charge in [-0.1, -0.05) is 17.3 Å². The van der Waals surface area contributed by atoms with Gasteiger partial charge in [0, 0.05) is 30.2 Å². The first-order valence-corrected chi connectivity index (χ1v) is 7.88. The lowest BCUT2D eigenvalue weighted by molar-refractivity contribution is -0.384. The molecule has 8 nitrogen and oxygen atoms in total. The van der Waals surface area contributed by atoms with Crippen molar-refractivity contribution in [3.05, 3.63) is 63.7 Å². The Kier molecular flexibility index (Phi) is 5.12. The molecule has 0 amide bonds. The molecular formula is C18H16N2O6. The third-order valence-corrected chi connectivity index (χ3v) is 3.85. The van der Waals surface area contributed by atoms with Crippen molar-refractivity contribution in [2.24, 2.45) is 5.16 Å². The number of hydrogen-bond acceptors (Lipinski definition) is 7. The highest BCUT2D eigenvalue weighted by atomic mass is 16.7. The summed E-state index contributed by atoms with van der Waals surface area (Å²) in [5, 5.41) is 14.6. The van der Waals surface area contributed by atoms with Crippen molar-refractivity contribution < 1.29 is 24.0 Å². The molecule has 0 fully saturated rings. The van der Waals surface area contributed by atoms with E-state index in [-0.39, 0.29) is 12.1 Å². The zero-order valence-electron chi connectivity index (χ0n) is 14.0. The molecule has 134 valence electrons. The summed E-state index contributed by atoms with van der Waals surface area (Å²) in [7, 11) is 1.57. The van der Waals surface area contributed by atoms with Crippen molar-refractivity contribution in [2.45, 2.75) is 12.8 Å². The number of fused-ring (bicyclic) bond motifs is 1. The smallest absolute Gasteiger partial charge is 0.339 e. The van der Waals surface area contributed by atoms with Gasteiger partial charge in [-0.3, -0.25) is 10.1 Å². The molecule has 0 atom stereocenters. The molecule has 3 rings (SSSR count). The minimum Gasteiger partial charge on any atom is -0.497 e. The van der Waals surface area contributed by atoms with Gasteiger partial charge in [-0.15, -0.1) is 0 Å². The lowest BCUT2D eigenvalue weighted by Gasteiger charge is -2.19. The second-order valence-corrected chi connectivity index (χ2v) is 5.56. The minimum absolute atomic E-state index is 0.0270. The second-order valence-electron chi connectivity index (χ2n) is 5.56. The van der Waals surface area contributed by atoms with E-state index in [4.69, 9.17) is 14.3 Å². The first-order valence-electron chi connectivity index (χ1n) is 7.88. The molecule has 0 aliphatic carbocycles. The number of carbonyl (C=O) groups excluding carboxylic acids is 1. The Morgan fingerprint density at radius 2 is 2.04 bits per heavy atom. The average Bonchev–Trinajstić information content (AvgIpc) is 2.66. The molecule has 0 aromatic heterocycles. The maximum absolute atomic E-state index is 12.0. The number of ether oxygens (including phenoxy) is 2. The molecule has 1 heterocycles. The summed E-state index contributed by atoms with van der Waals surface area (Å²) in [6.45, 7) is 0.429. The third kappa shape index (κ3) is 3.97. The Morgan fingerprint density at radius 3 is 2.73 bits per heavy atom. The normalized spacial score (nSPS) is 14.3. The fraction of sp³-hybridized carbons (Fsp3) is 0.222. The van der Waals surface area contributed by atoms with Gasteiger partial charge < -0.3 is 14.3 Å². The van der Waals surface area contributed by atoms with Crippen LogP contribution in [0.3, 0.4) is 0 Å². The number of nitro benzene ring substituents is 1. The molecule has 0 unspecified atom stereocenters. The van der Waals surface area contributed by atoms with Crippen LogP contribution in [0.2, 0.25) is 0 Å². The number of rotatable bonds is 5. The highest BCUT2D eigenvalue weighted by Crippen LogP contribution is 2.29. The number of benzene rings is 2. The topological polar surface area (TPSA) is 100 Å². The van der Waals surface area contributed by atoms with Gasteiger partial charge in [0.1, 0.15) is 11.5 Å². The summed E-state index contributed by atoms with van der Waals surface area (Å²) in [5.74, 6) is 0.744. The van der Waals surface area contributed by atoms with Gasteiger partial charge in [0.25, 0.3) is 5.69 Å². The van der Waals surface area contributed by atoms with Crippen LogP contribution in [0.15, 0.2) is 47.6 Å². The lowest BCUT2D eigenvalue weighted by Crippen LogP contribution is -2.17. The zero-order chi connectivity index (χ0) is 18.5. The molecule has 1 aliphatic rings. The Bertz CT molecular complexity index is 860. The van der Waals surface area contributed by atoms with Gasteiger partial charge in [-0.25, -0.2) is 4.79 Å². The Morgan fingerprint density at radius 1 is 1.27 bits per heavy atom. The standard InChI is InChI=1S/C18H16N2O6/c1-24-14-6-7-15-16(8-9-25-17(15)11-14)19-26-18(21)10-12-2-4-13(5-3-12)20(22)23/h2-7,11H,8-10H2,1H3/b19-16-. The zero-order valence-corrected chi connectivity index (χ0v) is 14.0. The molecule has 2 aromatic carbocycles. The summed E-state index contributed by atoms with van der Waals surface area (Å²) < 4.78 is 10.7. The highest BCUT2D eigenvalue weighted by molar-refractivity contribution is 6.03. The largest absolute Gasteiger partial charge is 0.497 e. The van der Waals surface area contributed by atoms with Crippen molar-refractivity contribution >= 4 is 17.4 Å². The van der Waals surface area contributed by atoms with E-state index in [1.807, 2.05) is 0 Å². The maximum atomic E-state index is 12.0. The van der Waals surface area contributed by atoms with E-state index in [1.54, 1.807) is 25.3 Å². The van der Waals surface area contributed by atoms with Gasteiger partial charge >= 0.3 is 5.97 Å². The van der Waals surface area contributed by atoms with E-state index < -0.39 is 10.9 Å². The molecule has 0 saturated heterocycles. The number of methoxy groups -OCH3 is 1. The van der Waals surface area contributed by atoms with Gasteiger partial charge in [0.05, 0.1) is 30.8 Å². The Hall–Kier alpha value is -3.42. The monoisotopic (exact) mass is 356 g/mol. The van der Waals surface area contributed by atoms with Crippen LogP contribution in [0.5, 0.6) is 11.5 Å². The van der Waals surface area contributed by atoms with Crippen molar-refractivity contribution in [2.75, 3.05) is 13.7 Å². The molecule has 8 heteroatoms. The second kappa shape index (κ2) is 7.64. The van der Waals surface area contributed by atoms with Crippen LogP contribution in [0.25, 0.3) is 0 Å². The molecule has 0 N–H and O–H groups in total. The van der Waals surface area contributed by atoms with Gasteiger partial charge in [-0.2, -0.15) is 0 Å². The van der Waals surface area contributed by atoms with E-state index in [1.165, 1.54) is 24.3 Å². The van der Waals surface area contributed by atoms with E-state index >= 15 is 0 Å². The van der Waals surface area contributed by atoms with Crippen LogP contribution in [-0.4, -0.2) is 30.3 Å². The number of carbonyl (C=O) groups is 1. The van der Waals surface area contributed by atoms with E-state index in [2.05, 4.69) is 5.16 Å². The Balaban J connectivity index is 1.66. The molecule has 26 heavy (non-hydrogen) atoms. The first kappa shape index (κ1) is 17.4. The van der Waals surface area contributed by atoms with E-state index in [0.29, 0.717) is 35.8 Å². The molecule has 0 radical (unpaired) electrons. The van der Waals surface area contributed by atoms with Crippen LogP contribution < -0.4 is 9.47 Å². The lowest BCUT2D eigenvalue weighted by atomic mass is 10.0. The number of nitrogens with zero attached hydrogens (tertiary/aromatic N) is 2. The van der Waals surface area contributed by atoms with Crippen molar-refractivity contribution in [3.63, 3.8) is 0 Å². The molecule has 2 aromatic rings. The fourth-order valence-corrected chi connectivity index (χ4v) is 2.52. The molecular weight excluding hydrogens is 340 g/mol. The number of hydrogen-bond donors (Lipinski definition) is 0. The SMILES string of the molecule is COc1ccc2c(c1)OCC/C2=N/OC(=O)Cc1ccc([N+](=O)[O-])cc1. The van der Waals surface area contributed by atoms with Crippen LogP contribution in [0.4, 0.5) is 5.69 Å². The number of non-ortho nitro benzene ring substituents is 1. The van der Waals surface area contributed by atoms with Crippen LogP contribution >= 0.6 is 0 Å². The van der Waals surface area contributed by atoms with Crippen molar-refractivity contribution in [1.82, 2.24) is 0 Å². The Labute approximate surface area is 149 Å². The van der Waals surface area contributed by atoms with Crippen LogP contribution in [0, 0.1) is 10.1 Å². The van der Waals surface area contributed by atoms with Gasteiger partial charge in [0.2, 0.25) is 0 Å². The number of nitro groups is 1. The molecule has 0 saturated carbocycles. The first-order chi connectivity index (χ1) is 12.6. The molecule has 1 aliphatic heterocycles. The van der Waals surface area contributed by atoms with E-state index in [0.717, 1.165) is 5.56 Å². The summed E-state index contributed by atoms with van der Waals surface area (Å²) in [4.78, 5) is 27.1. The van der Waals surface area contributed by atoms with Gasteiger partial charge in [0.15, 0.2) is 0 Å². The fourth-order valence-electron chi connectivity index (χ4n) is 2.52. The quantitative estimate of drug-likeness (QED) is 0.464. The molecule has 0 bridgehead atoms. The average molecular weight is 356 g/mol. The third-order valence-electron chi connectivity index (χ3n) is 3.85. The predicted octanol–water partition coefficient (Wildman–Crippen LogP) is 2.88. The van der Waals surface area contributed by atoms with E-state index in [9.17, 15) is 14.9 Å². The predicted molar refractivity (Wildman–Crippen MR) is 92.5 cm³/mol. The summed E-state index contributed by atoms with van der Waals surface area (Å²) in [6.07, 6.45) is 0.491. The highest BCUT2D eigenvalue weighted by Gasteiger charge is 2.19. The summed E-state index contributed by atoms with van der Waals surface area (Å²) in [5.41, 5.74) is 1.95. The molecule has 0 spiro atoms. The summed E-state index contributed by atoms with van der Waals surface area (Å²) in [6, 6.07) is 11.1.